The van der Waals surface area contributed by atoms with Gasteiger partial charge < -0.3 is 25.0 Å². The Balaban J connectivity index is 1.89. The Morgan fingerprint density at radius 1 is 1.31 bits per heavy atom. The van der Waals surface area contributed by atoms with Crippen molar-refractivity contribution in [1.82, 2.24) is 10.2 Å². The predicted molar refractivity (Wildman–Crippen MR) is 106 cm³/mol. The zero-order valence-electron chi connectivity index (χ0n) is 17.1. The summed E-state index contributed by atoms with van der Waals surface area (Å²) in [6.45, 7) is 3.43. The van der Waals surface area contributed by atoms with Gasteiger partial charge in [-0.2, -0.15) is 5.26 Å². The third-order valence-corrected chi connectivity index (χ3v) is 4.71. The van der Waals surface area contributed by atoms with Crippen molar-refractivity contribution in [1.29, 1.82) is 5.26 Å². The third kappa shape index (κ3) is 6.06. The fourth-order valence-corrected chi connectivity index (χ4v) is 3.18. The number of likely N-dealkylation sites (tertiary alicyclic amines) is 1. The summed E-state index contributed by atoms with van der Waals surface area (Å²) in [5.74, 6) is 0.448. The summed E-state index contributed by atoms with van der Waals surface area (Å²) in [5, 5.41) is 14.9. The number of nitrogens with one attached hydrogen (secondary N) is 2. The lowest BCUT2D eigenvalue weighted by molar-refractivity contribution is -0.131. The summed E-state index contributed by atoms with van der Waals surface area (Å²) < 4.78 is 23.9. The molecule has 1 aliphatic heterocycles. The molecule has 2 rings (SSSR count). The number of methoxy groups -OCH3 is 2. The molecule has 0 spiro atoms. The van der Waals surface area contributed by atoms with E-state index in [0.29, 0.717) is 17.2 Å². The molecule has 8 nitrogen and oxygen atoms in total. The van der Waals surface area contributed by atoms with Gasteiger partial charge in [0, 0.05) is 30.1 Å². The van der Waals surface area contributed by atoms with Crippen molar-refractivity contribution in [2.24, 2.45) is 0 Å². The number of hydrogen-bond donors (Lipinski definition) is 2. The van der Waals surface area contributed by atoms with Gasteiger partial charge >= 0.3 is 0 Å². The van der Waals surface area contributed by atoms with Crippen LogP contribution in [0, 0.1) is 11.3 Å². The highest BCUT2D eigenvalue weighted by Gasteiger charge is 2.35. The standard InChI is InChI=1S/C20H27FN4O4/c1-20(2,23-11-19(27)25-12-13(21)7-15(25)10-22)9-18(26)24-14-5-6-16(28-3)17(8-14)29-4/h5-6,8,13,15,23H,7,9,11-12H2,1-4H3,(H,24,26)/t13-,15-/m0/s1. The van der Waals surface area contributed by atoms with Crippen LogP contribution >= 0.6 is 0 Å². The van der Waals surface area contributed by atoms with Crippen LogP contribution in [-0.2, 0) is 9.59 Å². The van der Waals surface area contributed by atoms with E-state index in [2.05, 4.69) is 10.6 Å². The van der Waals surface area contributed by atoms with Crippen LogP contribution in [0.2, 0.25) is 0 Å². The maximum atomic E-state index is 13.5. The van der Waals surface area contributed by atoms with E-state index < -0.39 is 17.8 Å². The molecule has 2 N–H and O–H groups in total. The van der Waals surface area contributed by atoms with E-state index >= 15 is 0 Å². The number of hydrogen-bond acceptors (Lipinski definition) is 6. The van der Waals surface area contributed by atoms with Gasteiger partial charge in [0.2, 0.25) is 11.8 Å². The Kier molecular flexibility index (Phi) is 7.40. The molecule has 1 aliphatic rings. The molecule has 9 heteroatoms. The first-order chi connectivity index (χ1) is 13.7. The van der Waals surface area contributed by atoms with Crippen molar-refractivity contribution in [2.45, 2.75) is 44.4 Å². The van der Waals surface area contributed by atoms with Gasteiger partial charge in [-0.3, -0.25) is 9.59 Å². The maximum absolute atomic E-state index is 13.5. The highest BCUT2D eigenvalue weighted by Crippen LogP contribution is 2.30. The number of carbonyl (C=O) groups is 2. The van der Waals surface area contributed by atoms with E-state index in [-0.39, 0.29) is 37.7 Å². The van der Waals surface area contributed by atoms with Crippen LogP contribution in [0.1, 0.15) is 26.7 Å². The van der Waals surface area contributed by atoms with Gasteiger partial charge in [-0.1, -0.05) is 0 Å². The Morgan fingerprint density at radius 2 is 2.00 bits per heavy atom. The van der Waals surface area contributed by atoms with Gasteiger partial charge in [0.05, 0.1) is 33.4 Å². The number of benzene rings is 1. The van der Waals surface area contributed by atoms with E-state index in [4.69, 9.17) is 14.7 Å². The summed E-state index contributed by atoms with van der Waals surface area (Å²) in [6.07, 6.45) is -1.04. The summed E-state index contributed by atoms with van der Waals surface area (Å²) in [5.41, 5.74) is -0.129. The molecule has 2 atom stereocenters. The van der Waals surface area contributed by atoms with Crippen molar-refractivity contribution < 1.29 is 23.5 Å². The zero-order valence-corrected chi connectivity index (χ0v) is 17.1. The molecule has 0 saturated carbocycles. The van der Waals surface area contributed by atoms with E-state index in [1.165, 1.54) is 19.1 Å². The summed E-state index contributed by atoms with van der Waals surface area (Å²) in [6, 6.07) is 6.26. The second kappa shape index (κ2) is 9.56. The Hall–Kier alpha value is -2.86. The zero-order chi connectivity index (χ0) is 21.6. The summed E-state index contributed by atoms with van der Waals surface area (Å²) in [4.78, 5) is 26.0. The first-order valence-electron chi connectivity index (χ1n) is 9.29. The number of ether oxygens (including phenoxy) is 2. The monoisotopic (exact) mass is 406 g/mol. The molecule has 1 aromatic carbocycles. The molecule has 1 heterocycles. The number of rotatable bonds is 8. The molecule has 0 unspecified atom stereocenters. The highest BCUT2D eigenvalue weighted by molar-refractivity contribution is 5.92. The number of nitriles is 1. The molecule has 1 saturated heterocycles. The SMILES string of the molecule is COc1ccc(NC(=O)CC(C)(C)NCC(=O)N2C[C@@H](F)C[C@H]2C#N)cc1OC. The lowest BCUT2D eigenvalue weighted by atomic mass is 10.00. The van der Waals surface area contributed by atoms with Crippen molar-refractivity contribution in [3.05, 3.63) is 18.2 Å². The van der Waals surface area contributed by atoms with E-state index in [1.54, 1.807) is 32.0 Å². The molecule has 1 aromatic rings. The predicted octanol–water partition coefficient (Wildman–Crippen LogP) is 1.86. The molecule has 1 fully saturated rings. The Morgan fingerprint density at radius 3 is 2.62 bits per heavy atom. The first-order valence-corrected chi connectivity index (χ1v) is 9.29. The fraction of sp³-hybridized carbons (Fsp3) is 0.550. The molecular formula is C20H27FN4O4. The molecule has 158 valence electrons. The number of amides is 2. The van der Waals surface area contributed by atoms with Crippen molar-refractivity contribution in [3.63, 3.8) is 0 Å². The number of anilines is 1. The van der Waals surface area contributed by atoms with Crippen LogP contribution in [0.15, 0.2) is 18.2 Å². The first kappa shape index (κ1) is 22.4. The number of carbonyl (C=O) groups excluding carboxylic acids is 2. The lowest BCUT2D eigenvalue weighted by Gasteiger charge is -2.27. The number of nitrogens with zero attached hydrogens (tertiary/aromatic N) is 2. The fourth-order valence-electron chi connectivity index (χ4n) is 3.18. The molecule has 0 aromatic heterocycles. The Bertz CT molecular complexity index is 793. The normalized spacial score (nSPS) is 18.8. The number of halogens is 1. The molecule has 0 aliphatic carbocycles. The summed E-state index contributed by atoms with van der Waals surface area (Å²) in [7, 11) is 3.04. The quantitative estimate of drug-likeness (QED) is 0.683. The van der Waals surface area contributed by atoms with Crippen LogP contribution < -0.4 is 20.1 Å². The minimum atomic E-state index is -1.18. The minimum absolute atomic E-state index is 0.0410. The number of alkyl halides is 1. The van der Waals surface area contributed by atoms with Crippen molar-refractivity contribution in [2.75, 3.05) is 32.6 Å². The molecule has 0 radical (unpaired) electrons. The van der Waals surface area contributed by atoms with Crippen LogP contribution in [0.3, 0.4) is 0 Å². The second-order valence-corrected chi connectivity index (χ2v) is 7.56. The van der Waals surface area contributed by atoms with Gasteiger partial charge in [-0.25, -0.2) is 4.39 Å². The average molecular weight is 406 g/mol. The average Bonchev–Trinajstić information content (AvgIpc) is 3.06. The van der Waals surface area contributed by atoms with E-state index in [0.717, 1.165) is 0 Å². The summed E-state index contributed by atoms with van der Waals surface area (Å²) >= 11 is 0. The molecule has 29 heavy (non-hydrogen) atoms. The molecular weight excluding hydrogens is 379 g/mol. The molecule has 0 bridgehead atoms. The largest absolute Gasteiger partial charge is 0.493 e. The smallest absolute Gasteiger partial charge is 0.237 e. The van der Waals surface area contributed by atoms with Crippen LogP contribution in [0.5, 0.6) is 11.5 Å². The highest BCUT2D eigenvalue weighted by atomic mass is 19.1. The maximum Gasteiger partial charge on any atom is 0.237 e. The lowest BCUT2D eigenvalue weighted by Crippen LogP contribution is -2.49. The topological polar surface area (TPSA) is 104 Å². The van der Waals surface area contributed by atoms with Gasteiger partial charge in [-0.05, 0) is 26.0 Å². The van der Waals surface area contributed by atoms with Crippen LogP contribution in [0.25, 0.3) is 0 Å². The van der Waals surface area contributed by atoms with Crippen molar-refractivity contribution >= 4 is 17.5 Å². The minimum Gasteiger partial charge on any atom is -0.493 e. The van der Waals surface area contributed by atoms with Gasteiger partial charge in [0.1, 0.15) is 12.2 Å². The third-order valence-electron chi connectivity index (χ3n) is 4.71. The van der Waals surface area contributed by atoms with Gasteiger partial charge in [-0.15, -0.1) is 0 Å². The van der Waals surface area contributed by atoms with Crippen molar-refractivity contribution in [3.8, 4) is 17.6 Å². The Labute approximate surface area is 170 Å². The second-order valence-electron chi connectivity index (χ2n) is 7.56. The van der Waals surface area contributed by atoms with E-state index in [9.17, 15) is 14.0 Å². The van der Waals surface area contributed by atoms with Gasteiger partial charge in [0.15, 0.2) is 11.5 Å². The van der Waals surface area contributed by atoms with E-state index in [1.807, 2.05) is 6.07 Å². The van der Waals surface area contributed by atoms with Gasteiger partial charge in [0.25, 0.3) is 0 Å². The molecule has 2 amide bonds. The van der Waals surface area contributed by atoms with Crippen LogP contribution in [-0.4, -0.2) is 61.8 Å². The van der Waals surface area contributed by atoms with Crippen LogP contribution in [0.4, 0.5) is 10.1 Å².